The Morgan fingerprint density at radius 3 is 2.45 bits per heavy atom. The van der Waals surface area contributed by atoms with E-state index in [1.807, 2.05) is 6.07 Å². The number of hydrogen-bond donors (Lipinski definition) is 0. The van der Waals surface area contributed by atoms with Crippen molar-refractivity contribution in [2.75, 3.05) is 0 Å². The molecule has 2 heteroatoms. The normalized spacial score (nSPS) is 25.8. The second-order valence-electron chi connectivity index (χ2n) is 6.88. The third-order valence-electron chi connectivity index (χ3n) is 5.02. The smallest absolute Gasteiger partial charge is 0.119 e. The molecular formula is C20H21ClO. The van der Waals surface area contributed by atoms with E-state index in [9.17, 15) is 0 Å². The molecule has 0 heterocycles. The minimum absolute atomic E-state index is 0.445. The predicted octanol–water partition coefficient (Wildman–Crippen LogP) is 5.42. The number of ether oxygens (including phenoxy) is 1. The largest absolute Gasteiger partial charge is 0.490 e. The molecule has 4 rings (SSSR count). The fraction of sp³-hybridized carbons (Fsp3) is 0.400. The third kappa shape index (κ3) is 3.01. The molecule has 0 aromatic heterocycles. The highest BCUT2D eigenvalue weighted by atomic mass is 35.5. The van der Waals surface area contributed by atoms with E-state index in [1.165, 1.54) is 36.0 Å². The molecule has 2 aromatic rings. The molecular weight excluding hydrogens is 292 g/mol. The molecule has 0 amide bonds. The van der Waals surface area contributed by atoms with Crippen molar-refractivity contribution in [3.8, 4) is 5.75 Å². The molecule has 2 aliphatic carbocycles. The van der Waals surface area contributed by atoms with Gasteiger partial charge in [-0.05, 0) is 73.8 Å². The van der Waals surface area contributed by atoms with E-state index >= 15 is 0 Å². The van der Waals surface area contributed by atoms with Gasteiger partial charge >= 0.3 is 0 Å². The van der Waals surface area contributed by atoms with Gasteiger partial charge in [0.05, 0.1) is 6.10 Å². The molecule has 2 aromatic carbocycles. The zero-order valence-corrected chi connectivity index (χ0v) is 13.6. The van der Waals surface area contributed by atoms with Crippen LogP contribution < -0.4 is 4.74 Å². The standard InChI is InChI=1S/C20H21ClO/c1-13-2-7-20(21)17(8-13)9-14-3-5-18(6-4-14)22-19-11-15-10-16(15)12-19/h2-8,15-16,19H,9-12H2,1H3/t15-,16+,19?. The Kier molecular flexibility index (Phi) is 3.62. The molecule has 22 heavy (non-hydrogen) atoms. The van der Waals surface area contributed by atoms with Gasteiger partial charge in [0.25, 0.3) is 0 Å². The van der Waals surface area contributed by atoms with Crippen LogP contribution in [-0.2, 0) is 6.42 Å². The Bertz CT molecular complexity index is 667. The lowest BCUT2D eigenvalue weighted by Crippen LogP contribution is -2.13. The average Bonchev–Trinajstić information content (AvgIpc) is 3.12. The molecule has 0 bridgehead atoms. The lowest BCUT2D eigenvalue weighted by molar-refractivity contribution is 0.194. The van der Waals surface area contributed by atoms with Gasteiger partial charge in [-0.3, -0.25) is 0 Å². The number of fused-ring (bicyclic) bond motifs is 1. The van der Waals surface area contributed by atoms with Crippen LogP contribution in [0.2, 0.25) is 5.02 Å². The quantitative estimate of drug-likeness (QED) is 0.732. The van der Waals surface area contributed by atoms with Crippen LogP contribution in [0.3, 0.4) is 0 Å². The number of hydrogen-bond acceptors (Lipinski definition) is 1. The topological polar surface area (TPSA) is 9.23 Å². The zero-order valence-electron chi connectivity index (χ0n) is 12.9. The Morgan fingerprint density at radius 1 is 1.00 bits per heavy atom. The SMILES string of the molecule is Cc1ccc(Cl)c(Cc2ccc(OC3C[C@@H]4C[C@@H]4C3)cc2)c1. The summed E-state index contributed by atoms with van der Waals surface area (Å²) in [5.74, 6) is 2.94. The maximum atomic E-state index is 6.28. The van der Waals surface area contributed by atoms with Crippen LogP contribution in [0.5, 0.6) is 5.75 Å². The van der Waals surface area contributed by atoms with Crippen LogP contribution in [0.15, 0.2) is 42.5 Å². The average molecular weight is 313 g/mol. The van der Waals surface area contributed by atoms with E-state index in [0.717, 1.165) is 29.0 Å². The van der Waals surface area contributed by atoms with Gasteiger partial charge in [0, 0.05) is 5.02 Å². The van der Waals surface area contributed by atoms with Gasteiger partial charge in [0.15, 0.2) is 0 Å². The second-order valence-corrected chi connectivity index (χ2v) is 7.29. The summed E-state index contributed by atoms with van der Waals surface area (Å²) in [6, 6.07) is 14.7. The van der Waals surface area contributed by atoms with Crippen LogP contribution in [-0.4, -0.2) is 6.10 Å². The van der Waals surface area contributed by atoms with Crippen LogP contribution in [0.4, 0.5) is 0 Å². The highest BCUT2D eigenvalue weighted by Crippen LogP contribution is 2.52. The summed E-state index contributed by atoms with van der Waals surface area (Å²) in [4.78, 5) is 0. The molecule has 3 atom stereocenters. The van der Waals surface area contributed by atoms with Gasteiger partial charge in [-0.25, -0.2) is 0 Å². The summed E-state index contributed by atoms with van der Waals surface area (Å²) in [7, 11) is 0. The minimum atomic E-state index is 0.445. The highest BCUT2D eigenvalue weighted by molar-refractivity contribution is 6.31. The number of aryl methyl sites for hydroxylation is 1. The molecule has 1 nitrogen and oxygen atoms in total. The van der Waals surface area contributed by atoms with Crippen molar-refractivity contribution in [2.24, 2.45) is 11.8 Å². The Labute approximate surface area is 137 Å². The van der Waals surface area contributed by atoms with E-state index in [4.69, 9.17) is 16.3 Å². The van der Waals surface area contributed by atoms with Crippen molar-refractivity contribution in [1.82, 2.24) is 0 Å². The Hall–Kier alpha value is -1.47. The van der Waals surface area contributed by atoms with E-state index in [0.29, 0.717) is 6.10 Å². The van der Waals surface area contributed by atoms with E-state index in [2.05, 4.69) is 43.3 Å². The van der Waals surface area contributed by atoms with Crippen molar-refractivity contribution >= 4 is 11.6 Å². The molecule has 0 saturated heterocycles. The van der Waals surface area contributed by atoms with Crippen LogP contribution in [0.1, 0.15) is 36.0 Å². The third-order valence-corrected chi connectivity index (χ3v) is 5.39. The molecule has 0 radical (unpaired) electrons. The molecule has 0 aliphatic heterocycles. The predicted molar refractivity (Wildman–Crippen MR) is 90.7 cm³/mol. The molecule has 2 aliphatic rings. The van der Waals surface area contributed by atoms with Gasteiger partial charge in [-0.1, -0.05) is 41.4 Å². The summed E-state index contributed by atoms with van der Waals surface area (Å²) < 4.78 is 6.10. The van der Waals surface area contributed by atoms with Crippen molar-refractivity contribution in [1.29, 1.82) is 0 Å². The molecule has 2 saturated carbocycles. The first-order valence-corrected chi connectivity index (χ1v) is 8.56. The maximum Gasteiger partial charge on any atom is 0.119 e. The summed E-state index contributed by atoms with van der Waals surface area (Å²) in [6.07, 6.45) is 5.27. The second kappa shape index (κ2) is 5.62. The van der Waals surface area contributed by atoms with Crippen molar-refractivity contribution in [3.63, 3.8) is 0 Å². The van der Waals surface area contributed by atoms with E-state index < -0.39 is 0 Å². The Morgan fingerprint density at radius 2 is 1.73 bits per heavy atom. The van der Waals surface area contributed by atoms with E-state index in [1.54, 1.807) is 0 Å². The van der Waals surface area contributed by atoms with Crippen LogP contribution in [0, 0.1) is 18.8 Å². The van der Waals surface area contributed by atoms with Gasteiger partial charge in [0.1, 0.15) is 5.75 Å². The van der Waals surface area contributed by atoms with Crippen LogP contribution >= 0.6 is 11.6 Å². The first-order valence-electron chi connectivity index (χ1n) is 8.18. The first kappa shape index (κ1) is 14.1. The summed E-state index contributed by atoms with van der Waals surface area (Å²) in [5, 5.41) is 0.844. The lowest BCUT2D eigenvalue weighted by Gasteiger charge is -2.15. The number of halogens is 1. The molecule has 0 spiro atoms. The van der Waals surface area contributed by atoms with Gasteiger partial charge in [0.2, 0.25) is 0 Å². The summed E-state index contributed by atoms with van der Waals surface area (Å²) in [6.45, 7) is 2.10. The first-order chi connectivity index (χ1) is 10.7. The molecule has 1 unspecified atom stereocenters. The molecule has 0 N–H and O–H groups in total. The van der Waals surface area contributed by atoms with Gasteiger partial charge in [-0.2, -0.15) is 0 Å². The van der Waals surface area contributed by atoms with Crippen molar-refractivity contribution in [3.05, 3.63) is 64.2 Å². The zero-order chi connectivity index (χ0) is 15.1. The number of benzene rings is 2. The van der Waals surface area contributed by atoms with Crippen molar-refractivity contribution in [2.45, 2.75) is 38.7 Å². The monoisotopic (exact) mass is 312 g/mol. The highest BCUT2D eigenvalue weighted by Gasteiger charge is 2.46. The maximum absolute atomic E-state index is 6.28. The van der Waals surface area contributed by atoms with Crippen LogP contribution in [0.25, 0.3) is 0 Å². The minimum Gasteiger partial charge on any atom is -0.490 e. The fourth-order valence-electron chi connectivity index (χ4n) is 3.69. The number of rotatable bonds is 4. The van der Waals surface area contributed by atoms with E-state index in [-0.39, 0.29) is 0 Å². The summed E-state index contributed by atoms with van der Waals surface area (Å²) in [5.41, 5.74) is 3.71. The summed E-state index contributed by atoms with van der Waals surface area (Å²) >= 11 is 6.28. The fourth-order valence-corrected chi connectivity index (χ4v) is 3.88. The van der Waals surface area contributed by atoms with Gasteiger partial charge < -0.3 is 4.74 Å². The lowest BCUT2D eigenvalue weighted by atomic mass is 10.0. The molecule has 2 fully saturated rings. The van der Waals surface area contributed by atoms with Crippen molar-refractivity contribution < 1.29 is 4.74 Å². The Balaban J connectivity index is 1.41. The molecule has 114 valence electrons. The van der Waals surface area contributed by atoms with Gasteiger partial charge in [-0.15, -0.1) is 0 Å².